The van der Waals surface area contributed by atoms with E-state index in [0.717, 1.165) is 31.9 Å². The zero-order valence-corrected chi connectivity index (χ0v) is 11.5. The number of hydrogen-bond donors (Lipinski definition) is 3. The van der Waals surface area contributed by atoms with Gasteiger partial charge in [0.25, 0.3) is 0 Å². The third kappa shape index (κ3) is 4.63. The topological polar surface area (TPSA) is 53.2 Å². The van der Waals surface area contributed by atoms with E-state index < -0.39 is 17.8 Å². The van der Waals surface area contributed by atoms with Crippen LogP contribution in [0, 0.1) is 0 Å². The number of nitrogens with one attached hydrogen (secondary N) is 3. The monoisotopic (exact) mass is 301 g/mol. The lowest BCUT2D eigenvalue weighted by molar-refractivity contribution is -0.136. The number of para-hydroxylation sites is 1. The number of alkyl halides is 3. The van der Waals surface area contributed by atoms with Crippen LogP contribution < -0.4 is 16.0 Å². The summed E-state index contributed by atoms with van der Waals surface area (Å²) in [5.41, 5.74) is -1.08. The number of rotatable bonds is 4. The molecule has 21 heavy (non-hydrogen) atoms. The van der Waals surface area contributed by atoms with Crippen LogP contribution in [0.25, 0.3) is 0 Å². The van der Waals surface area contributed by atoms with Crippen LogP contribution in [0.2, 0.25) is 0 Å². The molecule has 1 aromatic rings. The van der Waals surface area contributed by atoms with Gasteiger partial charge in [-0.15, -0.1) is 0 Å². The first-order valence-corrected chi connectivity index (χ1v) is 6.91. The molecule has 7 heteroatoms. The third-order valence-electron chi connectivity index (χ3n) is 3.42. The van der Waals surface area contributed by atoms with Crippen molar-refractivity contribution >= 4 is 11.7 Å². The first kappa shape index (κ1) is 15.6. The molecule has 3 N–H and O–H groups in total. The van der Waals surface area contributed by atoms with Crippen molar-refractivity contribution in [3.63, 3.8) is 0 Å². The van der Waals surface area contributed by atoms with Crippen molar-refractivity contribution in [2.45, 2.75) is 31.5 Å². The minimum atomic E-state index is -4.49. The van der Waals surface area contributed by atoms with Crippen LogP contribution in [-0.2, 0) is 6.18 Å². The lowest BCUT2D eigenvalue weighted by Crippen LogP contribution is -2.33. The molecule has 0 aromatic heterocycles. The first-order valence-electron chi connectivity index (χ1n) is 6.91. The molecule has 4 nitrogen and oxygen atoms in total. The Bertz CT molecular complexity index is 485. The standard InChI is InChI=1S/C14H18F3N3O/c15-14(16,17)11-5-1-2-6-12(11)20-13(21)19-9-7-10-4-3-8-18-10/h1-2,5-6,10,18H,3-4,7-9H2,(H2,19,20,21). The Morgan fingerprint density at radius 1 is 1.33 bits per heavy atom. The molecule has 0 spiro atoms. The molecule has 0 aliphatic carbocycles. The second kappa shape index (κ2) is 6.80. The Morgan fingerprint density at radius 3 is 2.76 bits per heavy atom. The van der Waals surface area contributed by atoms with Crippen molar-refractivity contribution in [3.8, 4) is 0 Å². The van der Waals surface area contributed by atoms with E-state index in [9.17, 15) is 18.0 Å². The number of benzene rings is 1. The number of carbonyl (C=O) groups excluding carboxylic acids is 1. The molecule has 1 saturated heterocycles. The third-order valence-corrected chi connectivity index (χ3v) is 3.42. The van der Waals surface area contributed by atoms with E-state index in [0.29, 0.717) is 12.6 Å². The molecule has 0 saturated carbocycles. The molecule has 1 aliphatic heterocycles. The van der Waals surface area contributed by atoms with E-state index in [2.05, 4.69) is 16.0 Å². The van der Waals surface area contributed by atoms with Gasteiger partial charge in [0.15, 0.2) is 0 Å². The SMILES string of the molecule is O=C(NCCC1CCCN1)Nc1ccccc1C(F)(F)F. The Labute approximate surface area is 121 Å². The highest BCUT2D eigenvalue weighted by molar-refractivity contribution is 5.90. The Morgan fingerprint density at radius 2 is 2.10 bits per heavy atom. The molecule has 2 rings (SSSR count). The maximum atomic E-state index is 12.8. The molecule has 0 bridgehead atoms. The van der Waals surface area contributed by atoms with Crippen LogP contribution in [0.1, 0.15) is 24.8 Å². The minimum Gasteiger partial charge on any atom is -0.338 e. The number of carbonyl (C=O) groups is 1. The average Bonchev–Trinajstić information content (AvgIpc) is 2.91. The molecule has 1 heterocycles. The molecular formula is C14H18F3N3O. The first-order chi connectivity index (χ1) is 9.97. The number of halogens is 3. The van der Waals surface area contributed by atoms with Gasteiger partial charge in [0.1, 0.15) is 0 Å². The quantitative estimate of drug-likeness (QED) is 0.801. The summed E-state index contributed by atoms with van der Waals surface area (Å²) in [6, 6.07) is 4.68. The predicted molar refractivity (Wildman–Crippen MR) is 74.1 cm³/mol. The predicted octanol–water partition coefficient (Wildman–Crippen LogP) is 2.97. The van der Waals surface area contributed by atoms with Gasteiger partial charge in [-0.2, -0.15) is 13.2 Å². The molecule has 1 unspecified atom stereocenters. The Hall–Kier alpha value is -1.76. The van der Waals surface area contributed by atoms with E-state index in [-0.39, 0.29) is 5.69 Å². The normalized spacial score (nSPS) is 18.5. The molecular weight excluding hydrogens is 283 g/mol. The fraction of sp³-hybridized carbons (Fsp3) is 0.500. The van der Waals surface area contributed by atoms with Crippen LogP contribution in [0.5, 0.6) is 0 Å². The van der Waals surface area contributed by atoms with Gasteiger partial charge in [-0.1, -0.05) is 12.1 Å². The van der Waals surface area contributed by atoms with Crippen molar-refractivity contribution in [2.75, 3.05) is 18.4 Å². The van der Waals surface area contributed by atoms with Gasteiger partial charge < -0.3 is 16.0 Å². The van der Waals surface area contributed by atoms with Crippen LogP contribution in [0.3, 0.4) is 0 Å². The summed E-state index contributed by atoms with van der Waals surface area (Å²) in [6.45, 7) is 1.41. The Balaban J connectivity index is 1.85. The van der Waals surface area contributed by atoms with Gasteiger partial charge in [-0.05, 0) is 37.9 Å². The van der Waals surface area contributed by atoms with E-state index >= 15 is 0 Å². The summed E-state index contributed by atoms with van der Waals surface area (Å²) >= 11 is 0. The fourth-order valence-corrected chi connectivity index (χ4v) is 2.37. The van der Waals surface area contributed by atoms with Crippen LogP contribution >= 0.6 is 0 Å². The molecule has 0 radical (unpaired) electrons. The summed E-state index contributed by atoms with van der Waals surface area (Å²) in [5, 5.41) is 8.12. The van der Waals surface area contributed by atoms with Crippen molar-refractivity contribution < 1.29 is 18.0 Å². The van der Waals surface area contributed by atoms with Gasteiger partial charge >= 0.3 is 12.2 Å². The molecule has 1 atom stereocenters. The number of hydrogen-bond acceptors (Lipinski definition) is 2. The van der Waals surface area contributed by atoms with Gasteiger partial charge in [0, 0.05) is 12.6 Å². The Kier molecular flexibility index (Phi) is 5.06. The highest BCUT2D eigenvalue weighted by Gasteiger charge is 2.33. The average molecular weight is 301 g/mol. The number of anilines is 1. The summed E-state index contributed by atoms with van der Waals surface area (Å²) in [6.07, 6.45) is -1.53. The molecule has 1 fully saturated rings. The van der Waals surface area contributed by atoms with Gasteiger partial charge in [0.2, 0.25) is 0 Å². The summed E-state index contributed by atoms with van der Waals surface area (Å²) in [4.78, 5) is 11.7. The number of urea groups is 1. The van der Waals surface area contributed by atoms with Crippen LogP contribution in [0.15, 0.2) is 24.3 Å². The smallest absolute Gasteiger partial charge is 0.338 e. The van der Waals surface area contributed by atoms with Gasteiger partial charge in [0.05, 0.1) is 11.3 Å². The zero-order chi connectivity index (χ0) is 15.3. The van der Waals surface area contributed by atoms with E-state index in [1.54, 1.807) is 0 Å². The van der Waals surface area contributed by atoms with E-state index in [1.165, 1.54) is 18.2 Å². The fourth-order valence-electron chi connectivity index (χ4n) is 2.37. The second-order valence-electron chi connectivity index (χ2n) is 5.01. The van der Waals surface area contributed by atoms with Crippen molar-refractivity contribution in [1.82, 2.24) is 10.6 Å². The van der Waals surface area contributed by atoms with Crippen molar-refractivity contribution in [3.05, 3.63) is 29.8 Å². The highest BCUT2D eigenvalue weighted by atomic mass is 19.4. The number of amides is 2. The van der Waals surface area contributed by atoms with E-state index in [1.807, 2.05) is 0 Å². The van der Waals surface area contributed by atoms with E-state index in [4.69, 9.17) is 0 Å². The second-order valence-corrected chi connectivity index (χ2v) is 5.01. The lowest BCUT2D eigenvalue weighted by atomic mass is 10.1. The van der Waals surface area contributed by atoms with Crippen LogP contribution in [0.4, 0.5) is 23.7 Å². The minimum absolute atomic E-state index is 0.235. The summed E-state index contributed by atoms with van der Waals surface area (Å²) in [7, 11) is 0. The highest BCUT2D eigenvalue weighted by Crippen LogP contribution is 2.34. The largest absolute Gasteiger partial charge is 0.418 e. The molecule has 116 valence electrons. The zero-order valence-electron chi connectivity index (χ0n) is 11.5. The van der Waals surface area contributed by atoms with Gasteiger partial charge in [-0.25, -0.2) is 4.79 Å². The lowest BCUT2D eigenvalue weighted by Gasteiger charge is -2.15. The van der Waals surface area contributed by atoms with Gasteiger partial charge in [-0.3, -0.25) is 0 Å². The molecule has 1 aliphatic rings. The maximum absolute atomic E-state index is 12.8. The van der Waals surface area contributed by atoms with Crippen LogP contribution in [-0.4, -0.2) is 25.2 Å². The molecule has 2 amide bonds. The maximum Gasteiger partial charge on any atom is 0.418 e. The summed E-state index contributed by atoms with van der Waals surface area (Å²) in [5.74, 6) is 0. The molecule has 1 aromatic carbocycles. The summed E-state index contributed by atoms with van der Waals surface area (Å²) < 4.78 is 38.3. The van der Waals surface area contributed by atoms with Crippen molar-refractivity contribution in [2.24, 2.45) is 0 Å². The van der Waals surface area contributed by atoms with Crippen molar-refractivity contribution in [1.29, 1.82) is 0 Å².